The standard InChI is InChI=1S/C20H20FN3O3/c1-2-12-20(14-8-4-3-5-9-14)18(26)24(19(27)23-20)13-17(25)22-16-11-7-6-10-15(16)21/h3-11H,2,12-13H2,1H3,(H,22,25)(H,23,27)/t20-/m0/s1. The molecule has 1 aliphatic rings. The fourth-order valence-corrected chi connectivity index (χ4v) is 3.27. The highest BCUT2D eigenvalue weighted by Crippen LogP contribution is 2.33. The van der Waals surface area contributed by atoms with Gasteiger partial charge in [-0.1, -0.05) is 55.8 Å². The van der Waals surface area contributed by atoms with E-state index in [1.807, 2.05) is 13.0 Å². The molecule has 2 aromatic carbocycles. The SMILES string of the molecule is CCC[C@@]1(c2ccccc2)NC(=O)N(CC(=O)Nc2ccccc2F)C1=O. The molecule has 0 unspecified atom stereocenters. The van der Waals surface area contributed by atoms with Crippen LogP contribution in [0.5, 0.6) is 0 Å². The molecular weight excluding hydrogens is 349 g/mol. The van der Waals surface area contributed by atoms with E-state index in [4.69, 9.17) is 0 Å². The zero-order valence-corrected chi connectivity index (χ0v) is 14.9. The summed E-state index contributed by atoms with van der Waals surface area (Å²) in [5, 5.41) is 5.14. The summed E-state index contributed by atoms with van der Waals surface area (Å²) in [6.07, 6.45) is 1.07. The number of carbonyl (C=O) groups excluding carboxylic acids is 3. The molecule has 2 aromatic rings. The fourth-order valence-electron chi connectivity index (χ4n) is 3.27. The van der Waals surface area contributed by atoms with Gasteiger partial charge in [-0.3, -0.25) is 14.5 Å². The van der Waals surface area contributed by atoms with Crippen molar-refractivity contribution >= 4 is 23.5 Å². The summed E-state index contributed by atoms with van der Waals surface area (Å²) >= 11 is 0. The number of para-hydroxylation sites is 1. The molecule has 4 amide bonds. The Morgan fingerprint density at radius 3 is 2.44 bits per heavy atom. The molecule has 1 heterocycles. The Kier molecular flexibility index (Phi) is 5.21. The van der Waals surface area contributed by atoms with E-state index in [1.165, 1.54) is 18.2 Å². The van der Waals surface area contributed by atoms with Crippen molar-refractivity contribution < 1.29 is 18.8 Å². The molecule has 1 saturated heterocycles. The monoisotopic (exact) mass is 369 g/mol. The molecular formula is C20H20FN3O3. The van der Waals surface area contributed by atoms with Crippen molar-refractivity contribution in [2.75, 3.05) is 11.9 Å². The molecule has 0 spiro atoms. The van der Waals surface area contributed by atoms with Crippen LogP contribution >= 0.6 is 0 Å². The first-order chi connectivity index (χ1) is 13.0. The average molecular weight is 369 g/mol. The van der Waals surface area contributed by atoms with Crippen LogP contribution in [0.2, 0.25) is 0 Å². The van der Waals surface area contributed by atoms with Crippen molar-refractivity contribution in [1.29, 1.82) is 0 Å². The van der Waals surface area contributed by atoms with Crippen LogP contribution in [0.15, 0.2) is 54.6 Å². The second-order valence-electron chi connectivity index (χ2n) is 6.37. The molecule has 1 aliphatic heterocycles. The third-order valence-electron chi connectivity index (χ3n) is 4.52. The lowest BCUT2D eigenvalue weighted by Crippen LogP contribution is -2.44. The number of halogens is 1. The molecule has 0 saturated carbocycles. The van der Waals surface area contributed by atoms with Crippen LogP contribution in [0.4, 0.5) is 14.9 Å². The van der Waals surface area contributed by atoms with Crippen molar-refractivity contribution in [3.8, 4) is 0 Å². The third-order valence-corrected chi connectivity index (χ3v) is 4.52. The minimum Gasteiger partial charge on any atom is -0.322 e. The Balaban J connectivity index is 1.81. The van der Waals surface area contributed by atoms with Crippen molar-refractivity contribution in [3.05, 3.63) is 66.0 Å². The first-order valence-electron chi connectivity index (χ1n) is 8.72. The van der Waals surface area contributed by atoms with Gasteiger partial charge in [0, 0.05) is 0 Å². The van der Waals surface area contributed by atoms with E-state index in [1.54, 1.807) is 30.3 Å². The van der Waals surface area contributed by atoms with Gasteiger partial charge in [0.05, 0.1) is 5.69 Å². The quantitative estimate of drug-likeness (QED) is 0.769. The average Bonchev–Trinajstić information content (AvgIpc) is 2.90. The Morgan fingerprint density at radius 1 is 1.11 bits per heavy atom. The molecule has 0 radical (unpaired) electrons. The number of carbonyl (C=O) groups is 3. The number of amides is 4. The Hall–Kier alpha value is -3.22. The maximum Gasteiger partial charge on any atom is 0.325 e. The maximum absolute atomic E-state index is 13.7. The second-order valence-corrected chi connectivity index (χ2v) is 6.37. The number of hydrogen-bond donors (Lipinski definition) is 2. The smallest absolute Gasteiger partial charge is 0.322 e. The molecule has 140 valence electrons. The van der Waals surface area contributed by atoms with E-state index in [0.29, 0.717) is 18.4 Å². The third kappa shape index (κ3) is 3.53. The summed E-state index contributed by atoms with van der Waals surface area (Å²) in [5.74, 6) is -1.72. The van der Waals surface area contributed by atoms with Crippen LogP contribution in [0.25, 0.3) is 0 Å². The van der Waals surface area contributed by atoms with Gasteiger partial charge in [0.2, 0.25) is 5.91 Å². The van der Waals surface area contributed by atoms with Crippen LogP contribution in [-0.2, 0) is 15.1 Å². The van der Waals surface area contributed by atoms with Crippen LogP contribution in [0.1, 0.15) is 25.3 Å². The summed E-state index contributed by atoms with van der Waals surface area (Å²) < 4.78 is 13.7. The van der Waals surface area contributed by atoms with Gasteiger partial charge in [-0.15, -0.1) is 0 Å². The van der Waals surface area contributed by atoms with Crippen LogP contribution < -0.4 is 10.6 Å². The van der Waals surface area contributed by atoms with Gasteiger partial charge < -0.3 is 10.6 Å². The number of benzene rings is 2. The van der Waals surface area contributed by atoms with E-state index in [9.17, 15) is 18.8 Å². The van der Waals surface area contributed by atoms with E-state index in [0.717, 1.165) is 4.90 Å². The summed E-state index contributed by atoms with van der Waals surface area (Å²) in [6, 6.07) is 14.0. The molecule has 3 rings (SSSR count). The van der Waals surface area contributed by atoms with Crippen molar-refractivity contribution in [2.45, 2.75) is 25.3 Å². The van der Waals surface area contributed by atoms with E-state index in [2.05, 4.69) is 10.6 Å². The number of urea groups is 1. The topological polar surface area (TPSA) is 78.5 Å². The van der Waals surface area contributed by atoms with Crippen molar-refractivity contribution in [3.63, 3.8) is 0 Å². The normalized spacial score (nSPS) is 19.1. The second kappa shape index (κ2) is 7.57. The van der Waals surface area contributed by atoms with Crippen LogP contribution in [0, 0.1) is 5.82 Å². The summed E-state index contributed by atoms with van der Waals surface area (Å²) in [4.78, 5) is 38.7. The summed E-state index contributed by atoms with van der Waals surface area (Å²) in [7, 11) is 0. The van der Waals surface area contributed by atoms with Gasteiger partial charge >= 0.3 is 6.03 Å². The molecule has 7 heteroatoms. The Labute approximate surface area is 156 Å². The number of hydrogen-bond acceptors (Lipinski definition) is 3. The van der Waals surface area contributed by atoms with E-state index in [-0.39, 0.29) is 5.69 Å². The van der Waals surface area contributed by atoms with Gasteiger partial charge in [-0.2, -0.15) is 0 Å². The fraction of sp³-hybridized carbons (Fsp3) is 0.250. The Morgan fingerprint density at radius 2 is 1.78 bits per heavy atom. The first-order valence-corrected chi connectivity index (χ1v) is 8.72. The zero-order valence-electron chi connectivity index (χ0n) is 14.9. The summed E-state index contributed by atoms with van der Waals surface area (Å²) in [5.41, 5.74) is -0.523. The largest absolute Gasteiger partial charge is 0.325 e. The van der Waals surface area contributed by atoms with Gasteiger partial charge in [-0.25, -0.2) is 9.18 Å². The van der Waals surface area contributed by atoms with Gasteiger partial charge in [0.25, 0.3) is 5.91 Å². The van der Waals surface area contributed by atoms with Gasteiger partial charge in [0.1, 0.15) is 17.9 Å². The number of imide groups is 1. The molecule has 6 nitrogen and oxygen atoms in total. The molecule has 27 heavy (non-hydrogen) atoms. The minimum atomic E-state index is -1.19. The van der Waals surface area contributed by atoms with Crippen molar-refractivity contribution in [2.24, 2.45) is 0 Å². The highest BCUT2D eigenvalue weighted by molar-refractivity contribution is 6.10. The molecule has 1 atom stereocenters. The summed E-state index contributed by atoms with van der Waals surface area (Å²) in [6.45, 7) is 1.43. The predicted octanol–water partition coefficient (Wildman–Crippen LogP) is 3.01. The highest BCUT2D eigenvalue weighted by Gasteiger charge is 2.52. The molecule has 2 N–H and O–H groups in total. The Bertz CT molecular complexity index is 872. The van der Waals surface area contributed by atoms with Crippen LogP contribution in [-0.4, -0.2) is 29.3 Å². The first kappa shape index (κ1) is 18.6. The van der Waals surface area contributed by atoms with Crippen molar-refractivity contribution in [1.82, 2.24) is 10.2 Å². The molecule has 0 aromatic heterocycles. The number of nitrogens with zero attached hydrogens (tertiary/aromatic N) is 1. The lowest BCUT2D eigenvalue weighted by Gasteiger charge is -2.26. The van der Waals surface area contributed by atoms with Gasteiger partial charge in [-0.05, 0) is 24.1 Å². The predicted molar refractivity (Wildman–Crippen MR) is 98.3 cm³/mol. The van der Waals surface area contributed by atoms with E-state index >= 15 is 0 Å². The lowest BCUT2D eigenvalue weighted by atomic mass is 9.85. The maximum atomic E-state index is 13.7. The molecule has 0 aliphatic carbocycles. The number of rotatable bonds is 6. The highest BCUT2D eigenvalue weighted by atomic mass is 19.1. The minimum absolute atomic E-state index is 0.00238. The van der Waals surface area contributed by atoms with E-state index < -0.39 is 35.7 Å². The number of anilines is 1. The van der Waals surface area contributed by atoms with Gasteiger partial charge in [0.15, 0.2) is 0 Å². The van der Waals surface area contributed by atoms with Crippen LogP contribution in [0.3, 0.4) is 0 Å². The molecule has 0 bridgehead atoms. The number of nitrogens with one attached hydrogen (secondary N) is 2. The lowest BCUT2D eigenvalue weighted by molar-refractivity contribution is -0.134. The molecule has 1 fully saturated rings. The zero-order chi connectivity index (χ0) is 19.4.